The van der Waals surface area contributed by atoms with Gasteiger partial charge in [0.2, 0.25) is 0 Å². The van der Waals surface area contributed by atoms with E-state index in [2.05, 4.69) is 46.7 Å². The van der Waals surface area contributed by atoms with Crippen LogP contribution < -0.4 is 10.6 Å². The molecule has 0 aliphatic carbocycles. The Morgan fingerprint density at radius 3 is 2.26 bits per heavy atom. The van der Waals surface area contributed by atoms with E-state index in [0.717, 1.165) is 19.5 Å². The minimum Gasteiger partial charge on any atom is -0.348 e. The van der Waals surface area contributed by atoms with Gasteiger partial charge in [-0.3, -0.25) is 14.5 Å². The summed E-state index contributed by atoms with van der Waals surface area (Å²) in [5.41, 5.74) is 2.82. The molecule has 1 aliphatic rings. The van der Waals surface area contributed by atoms with Gasteiger partial charge in [-0.1, -0.05) is 60.7 Å². The summed E-state index contributed by atoms with van der Waals surface area (Å²) >= 11 is 0. The maximum atomic E-state index is 13.0. The Morgan fingerprint density at radius 2 is 1.52 bits per heavy atom. The van der Waals surface area contributed by atoms with Crippen molar-refractivity contribution in [1.82, 2.24) is 10.2 Å². The van der Waals surface area contributed by atoms with Gasteiger partial charge in [-0.25, -0.2) is 0 Å². The second kappa shape index (κ2) is 9.58. The number of benzene rings is 3. The van der Waals surface area contributed by atoms with Gasteiger partial charge in [0.05, 0.1) is 11.3 Å². The smallest absolute Gasteiger partial charge is 0.255 e. The van der Waals surface area contributed by atoms with Crippen LogP contribution in [0.1, 0.15) is 45.7 Å². The minimum absolute atomic E-state index is 0.0801. The number of likely N-dealkylation sites (tertiary alicyclic amines) is 1. The molecule has 31 heavy (non-hydrogen) atoms. The molecule has 2 atom stereocenters. The fourth-order valence-electron chi connectivity index (χ4n) is 4.04. The predicted molar refractivity (Wildman–Crippen MR) is 123 cm³/mol. The van der Waals surface area contributed by atoms with Gasteiger partial charge < -0.3 is 10.6 Å². The predicted octanol–water partition coefficient (Wildman–Crippen LogP) is 4.50. The standard InChI is InChI=1S/C26H27N3O2/c1-19(20-10-4-2-5-11-20)29-17-16-22(18-29)27-26(31)23-14-8-9-15-24(23)28-25(30)21-12-6-3-7-13-21/h2-15,19,22H,16-18H2,1H3,(H,27,31)(H,28,30). The molecule has 3 aromatic carbocycles. The van der Waals surface area contributed by atoms with Crippen LogP contribution in [0.3, 0.4) is 0 Å². The fourth-order valence-corrected chi connectivity index (χ4v) is 4.04. The summed E-state index contributed by atoms with van der Waals surface area (Å²) in [4.78, 5) is 27.9. The number of nitrogens with one attached hydrogen (secondary N) is 2. The van der Waals surface area contributed by atoms with Crippen molar-refractivity contribution in [3.05, 3.63) is 102 Å². The van der Waals surface area contributed by atoms with Gasteiger partial charge in [-0.15, -0.1) is 0 Å². The summed E-state index contributed by atoms with van der Waals surface area (Å²) < 4.78 is 0. The zero-order valence-corrected chi connectivity index (χ0v) is 17.6. The highest BCUT2D eigenvalue weighted by molar-refractivity contribution is 6.09. The van der Waals surface area contributed by atoms with E-state index in [0.29, 0.717) is 22.9 Å². The summed E-state index contributed by atoms with van der Waals surface area (Å²) in [6, 6.07) is 26.9. The molecule has 0 saturated carbocycles. The van der Waals surface area contributed by atoms with Crippen LogP contribution in [-0.2, 0) is 0 Å². The summed E-state index contributed by atoms with van der Waals surface area (Å²) in [6.45, 7) is 3.95. The third-order valence-electron chi connectivity index (χ3n) is 5.84. The Kier molecular flexibility index (Phi) is 6.43. The highest BCUT2D eigenvalue weighted by atomic mass is 16.2. The highest BCUT2D eigenvalue weighted by Crippen LogP contribution is 2.25. The number of hydrogen-bond acceptors (Lipinski definition) is 3. The molecule has 0 aromatic heterocycles. The topological polar surface area (TPSA) is 61.4 Å². The molecule has 2 N–H and O–H groups in total. The van der Waals surface area contributed by atoms with E-state index in [1.165, 1.54) is 5.56 Å². The minimum atomic E-state index is -0.232. The second-order valence-corrected chi connectivity index (χ2v) is 7.91. The van der Waals surface area contributed by atoms with E-state index >= 15 is 0 Å². The lowest BCUT2D eigenvalue weighted by Crippen LogP contribution is -2.38. The van der Waals surface area contributed by atoms with E-state index in [4.69, 9.17) is 0 Å². The lowest BCUT2D eigenvalue weighted by Gasteiger charge is -2.25. The summed E-state index contributed by atoms with van der Waals surface area (Å²) in [7, 11) is 0. The molecule has 5 nitrogen and oxygen atoms in total. The number of para-hydroxylation sites is 1. The number of hydrogen-bond donors (Lipinski definition) is 2. The largest absolute Gasteiger partial charge is 0.348 e. The van der Waals surface area contributed by atoms with Crippen LogP contribution in [0.25, 0.3) is 0 Å². The Labute approximate surface area is 183 Å². The SMILES string of the molecule is CC(c1ccccc1)N1CCC(NC(=O)c2ccccc2NC(=O)c2ccccc2)C1. The van der Waals surface area contributed by atoms with Crippen molar-refractivity contribution in [2.24, 2.45) is 0 Å². The molecule has 1 heterocycles. The molecule has 0 spiro atoms. The molecule has 4 rings (SSSR count). The van der Waals surface area contributed by atoms with Crippen LogP contribution in [-0.4, -0.2) is 35.8 Å². The summed E-state index contributed by atoms with van der Waals surface area (Å²) in [6.07, 6.45) is 0.904. The molecular weight excluding hydrogens is 386 g/mol. The van der Waals surface area contributed by atoms with Crippen molar-refractivity contribution in [3.63, 3.8) is 0 Å². The van der Waals surface area contributed by atoms with E-state index < -0.39 is 0 Å². The molecule has 1 saturated heterocycles. The third kappa shape index (κ3) is 5.01. The van der Waals surface area contributed by atoms with Crippen LogP contribution in [0.15, 0.2) is 84.9 Å². The van der Waals surface area contributed by atoms with Crippen molar-refractivity contribution in [2.75, 3.05) is 18.4 Å². The zero-order valence-electron chi connectivity index (χ0n) is 17.6. The van der Waals surface area contributed by atoms with Gasteiger partial charge >= 0.3 is 0 Å². The van der Waals surface area contributed by atoms with Crippen molar-refractivity contribution >= 4 is 17.5 Å². The molecular formula is C26H27N3O2. The second-order valence-electron chi connectivity index (χ2n) is 7.91. The number of rotatable bonds is 6. The number of nitrogens with zero attached hydrogens (tertiary/aromatic N) is 1. The third-order valence-corrected chi connectivity index (χ3v) is 5.84. The maximum Gasteiger partial charge on any atom is 0.255 e. The highest BCUT2D eigenvalue weighted by Gasteiger charge is 2.28. The summed E-state index contributed by atoms with van der Waals surface area (Å²) in [5.74, 6) is -0.396. The molecule has 1 aliphatic heterocycles. The van der Waals surface area contributed by atoms with Crippen LogP contribution in [0.2, 0.25) is 0 Å². The lowest BCUT2D eigenvalue weighted by atomic mass is 10.1. The monoisotopic (exact) mass is 413 g/mol. The van der Waals surface area contributed by atoms with Gasteiger partial charge in [-0.05, 0) is 43.2 Å². The lowest BCUT2D eigenvalue weighted by molar-refractivity contribution is 0.0937. The number of anilines is 1. The molecule has 0 bridgehead atoms. The molecule has 2 amide bonds. The average Bonchev–Trinajstić information content (AvgIpc) is 3.28. The van der Waals surface area contributed by atoms with E-state index in [-0.39, 0.29) is 17.9 Å². The number of carbonyl (C=O) groups is 2. The van der Waals surface area contributed by atoms with Crippen LogP contribution in [0.5, 0.6) is 0 Å². The molecule has 158 valence electrons. The molecule has 2 unspecified atom stereocenters. The van der Waals surface area contributed by atoms with Crippen LogP contribution in [0, 0.1) is 0 Å². The van der Waals surface area contributed by atoms with E-state index in [1.807, 2.05) is 36.4 Å². The normalized spacial score (nSPS) is 17.1. The van der Waals surface area contributed by atoms with Crippen molar-refractivity contribution in [3.8, 4) is 0 Å². The molecule has 3 aromatic rings. The summed E-state index contributed by atoms with van der Waals surface area (Å²) in [5, 5.41) is 6.02. The van der Waals surface area contributed by atoms with Crippen LogP contribution >= 0.6 is 0 Å². The Balaban J connectivity index is 1.40. The van der Waals surface area contributed by atoms with Gasteiger partial charge in [0.15, 0.2) is 0 Å². The first-order chi connectivity index (χ1) is 15.1. The molecule has 0 radical (unpaired) electrons. The van der Waals surface area contributed by atoms with E-state index in [1.54, 1.807) is 24.3 Å². The van der Waals surface area contributed by atoms with Gasteiger partial charge in [0.25, 0.3) is 11.8 Å². The zero-order chi connectivity index (χ0) is 21.6. The molecule has 1 fully saturated rings. The van der Waals surface area contributed by atoms with Gasteiger partial charge in [0.1, 0.15) is 0 Å². The average molecular weight is 414 g/mol. The van der Waals surface area contributed by atoms with Crippen molar-refractivity contribution in [1.29, 1.82) is 0 Å². The maximum absolute atomic E-state index is 13.0. The number of amides is 2. The first-order valence-corrected chi connectivity index (χ1v) is 10.7. The quantitative estimate of drug-likeness (QED) is 0.625. The van der Waals surface area contributed by atoms with Crippen molar-refractivity contribution < 1.29 is 9.59 Å². The number of carbonyl (C=O) groups excluding carboxylic acids is 2. The van der Waals surface area contributed by atoms with Crippen LogP contribution in [0.4, 0.5) is 5.69 Å². The van der Waals surface area contributed by atoms with E-state index in [9.17, 15) is 9.59 Å². The Hall–Kier alpha value is -3.44. The fraction of sp³-hybridized carbons (Fsp3) is 0.231. The van der Waals surface area contributed by atoms with Gasteiger partial charge in [-0.2, -0.15) is 0 Å². The first kappa shape index (κ1) is 20.8. The van der Waals surface area contributed by atoms with Gasteiger partial charge in [0, 0.05) is 30.7 Å². The Bertz CT molecular complexity index is 1040. The molecule has 5 heteroatoms. The first-order valence-electron chi connectivity index (χ1n) is 10.7. The van der Waals surface area contributed by atoms with Crippen molar-refractivity contribution in [2.45, 2.75) is 25.4 Å². The Morgan fingerprint density at radius 1 is 0.871 bits per heavy atom.